The van der Waals surface area contributed by atoms with Gasteiger partial charge in [0.1, 0.15) is 0 Å². The van der Waals surface area contributed by atoms with Crippen molar-refractivity contribution in [3.63, 3.8) is 0 Å². The zero-order valence-electron chi connectivity index (χ0n) is 8.24. The molecular formula is C10H20N2O. The van der Waals surface area contributed by atoms with E-state index in [1.165, 1.54) is 38.8 Å². The van der Waals surface area contributed by atoms with Gasteiger partial charge in [0.25, 0.3) is 0 Å². The molecule has 2 atom stereocenters. The predicted octanol–water partition coefficient (Wildman–Crippen LogP) is 0.588. The summed E-state index contributed by atoms with van der Waals surface area (Å²) in [4.78, 5) is 2.46. The molecule has 0 aromatic rings. The van der Waals surface area contributed by atoms with Crippen LogP contribution < -0.4 is 5.73 Å². The van der Waals surface area contributed by atoms with Gasteiger partial charge >= 0.3 is 0 Å². The van der Waals surface area contributed by atoms with Gasteiger partial charge in [-0.2, -0.15) is 0 Å². The van der Waals surface area contributed by atoms with Crippen LogP contribution in [-0.2, 0) is 4.74 Å². The van der Waals surface area contributed by atoms with E-state index in [0.29, 0.717) is 12.1 Å². The standard InChI is InChI=1S/C10H20N2O/c11-9-3-5-12(8-9)6-4-10-2-1-7-13-10/h9-10H,1-8,11H2/t9-,10?/m0/s1. The van der Waals surface area contributed by atoms with Crippen LogP contribution in [0.5, 0.6) is 0 Å². The quantitative estimate of drug-likeness (QED) is 0.697. The summed E-state index contributed by atoms with van der Waals surface area (Å²) in [6.45, 7) is 4.43. The Hall–Kier alpha value is -0.120. The van der Waals surface area contributed by atoms with Crippen LogP contribution in [0, 0.1) is 0 Å². The summed E-state index contributed by atoms with van der Waals surface area (Å²) in [7, 11) is 0. The molecule has 76 valence electrons. The fourth-order valence-corrected chi connectivity index (χ4v) is 2.26. The molecule has 0 saturated carbocycles. The van der Waals surface area contributed by atoms with E-state index in [1.54, 1.807) is 0 Å². The molecule has 0 aromatic carbocycles. The van der Waals surface area contributed by atoms with Crippen LogP contribution in [0.3, 0.4) is 0 Å². The van der Waals surface area contributed by atoms with E-state index in [4.69, 9.17) is 10.5 Å². The minimum atomic E-state index is 0.421. The maximum Gasteiger partial charge on any atom is 0.0588 e. The largest absolute Gasteiger partial charge is 0.378 e. The normalized spacial score (nSPS) is 35.8. The summed E-state index contributed by atoms with van der Waals surface area (Å²) >= 11 is 0. The van der Waals surface area contributed by atoms with Crippen LogP contribution in [0.2, 0.25) is 0 Å². The molecule has 0 bridgehead atoms. The highest BCUT2D eigenvalue weighted by Crippen LogP contribution is 2.17. The SMILES string of the molecule is N[C@H]1CCN(CCC2CCCO2)C1. The van der Waals surface area contributed by atoms with E-state index in [1.807, 2.05) is 0 Å². The molecule has 2 saturated heterocycles. The summed E-state index contributed by atoms with van der Waals surface area (Å²) in [5.74, 6) is 0. The Bertz CT molecular complexity index is 157. The third-order valence-corrected chi connectivity index (χ3v) is 3.10. The van der Waals surface area contributed by atoms with Crippen molar-refractivity contribution >= 4 is 0 Å². The van der Waals surface area contributed by atoms with E-state index < -0.39 is 0 Å². The average molecular weight is 184 g/mol. The molecule has 2 rings (SSSR count). The van der Waals surface area contributed by atoms with Gasteiger partial charge in [0.2, 0.25) is 0 Å². The minimum Gasteiger partial charge on any atom is -0.378 e. The second kappa shape index (κ2) is 4.40. The van der Waals surface area contributed by atoms with Crippen LogP contribution in [0.15, 0.2) is 0 Å². The Balaban J connectivity index is 1.62. The molecule has 2 N–H and O–H groups in total. The molecule has 1 unspecified atom stereocenters. The first-order valence-corrected chi connectivity index (χ1v) is 5.44. The molecule has 13 heavy (non-hydrogen) atoms. The smallest absolute Gasteiger partial charge is 0.0588 e. The second-order valence-corrected chi connectivity index (χ2v) is 4.27. The Morgan fingerprint density at radius 3 is 2.92 bits per heavy atom. The van der Waals surface area contributed by atoms with Gasteiger partial charge in [-0.1, -0.05) is 0 Å². The first kappa shape index (κ1) is 9.44. The summed E-state index contributed by atoms with van der Waals surface area (Å²) in [5, 5.41) is 0. The molecule has 2 aliphatic rings. The Kier molecular flexibility index (Phi) is 3.19. The predicted molar refractivity (Wildman–Crippen MR) is 52.6 cm³/mol. The number of hydrogen-bond donors (Lipinski definition) is 1. The molecule has 2 fully saturated rings. The van der Waals surface area contributed by atoms with Crippen molar-refractivity contribution in [2.45, 2.75) is 37.8 Å². The van der Waals surface area contributed by atoms with E-state index in [2.05, 4.69) is 4.90 Å². The van der Waals surface area contributed by atoms with E-state index in [0.717, 1.165) is 13.2 Å². The lowest BCUT2D eigenvalue weighted by molar-refractivity contribution is 0.0948. The molecule has 2 heterocycles. The van der Waals surface area contributed by atoms with Crippen molar-refractivity contribution in [3.05, 3.63) is 0 Å². The topological polar surface area (TPSA) is 38.5 Å². The molecule has 0 spiro atoms. The van der Waals surface area contributed by atoms with E-state index in [9.17, 15) is 0 Å². The van der Waals surface area contributed by atoms with Gasteiger partial charge in [-0.05, 0) is 32.2 Å². The molecule has 0 aliphatic carbocycles. The van der Waals surface area contributed by atoms with Crippen LogP contribution in [0.4, 0.5) is 0 Å². The minimum absolute atomic E-state index is 0.421. The number of hydrogen-bond acceptors (Lipinski definition) is 3. The van der Waals surface area contributed by atoms with Gasteiger partial charge in [0.05, 0.1) is 6.10 Å². The Morgan fingerprint density at radius 1 is 1.38 bits per heavy atom. The molecule has 0 amide bonds. The molecule has 0 radical (unpaired) electrons. The zero-order valence-corrected chi connectivity index (χ0v) is 8.24. The molecular weight excluding hydrogens is 164 g/mol. The van der Waals surface area contributed by atoms with Crippen LogP contribution >= 0.6 is 0 Å². The fourth-order valence-electron chi connectivity index (χ4n) is 2.26. The summed E-state index contributed by atoms with van der Waals surface area (Å²) in [6.07, 6.45) is 5.43. The van der Waals surface area contributed by atoms with E-state index in [-0.39, 0.29) is 0 Å². The van der Waals surface area contributed by atoms with Crippen molar-refractivity contribution in [2.75, 3.05) is 26.2 Å². The first-order chi connectivity index (χ1) is 6.34. The number of nitrogens with zero attached hydrogens (tertiary/aromatic N) is 1. The van der Waals surface area contributed by atoms with Gasteiger partial charge in [-0.25, -0.2) is 0 Å². The van der Waals surface area contributed by atoms with Crippen molar-refractivity contribution in [1.29, 1.82) is 0 Å². The van der Waals surface area contributed by atoms with Crippen molar-refractivity contribution in [1.82, 2.24) is 4.90 Å². The van der Waals surface area contributed by atoms with E-state index >= 15 is 0 Å². The first-order valence-electron chi connectivity index (χ1n) is 5.44. The highest BCUT2D eigenvalue weighted by atomic mass is 16.5. The second-order valence-electron chi connectivity index (χ2n) is 4.27. The van der Waals surface area contributed by atoms with Crippen LogP contribution in [-0.4, -0.2) is 43.3 Å². The maximum absolute atomic E-state index is 5.84. The Labute approximate surface area is 80.2 Å². The van der Waals surface area contributed by atoms with Gasteiger partial charge in [-0.15, -0.1) is 0 Å². The average Bonchev–Trinajstić information content (AvgIpc) is 2.71. The molecule has 3 heteroatoms. The lowest BCUT2D eigenvalue weighted by Crippen LogP contribution is -2.28. The fraction of sp³-hybridized carbons (Fsp3) is 1.00. The van der Waals surface area contributed by atoms with Gasteiger partial charge in [0, 0.05) is 25.7 Å². The van der Waals surface area contributed by atoms with Gasteiger partial charge < -0.3 is 15.4 Å². The van der Waals surface area contributed by atoms with Crippen LogP contribution in [0.1, 0.15) is 25.7 Å². The highest BCUT2D eigenvalue weighted by Gasteiger charge is 2.21. The summed E-state index contributed by atoms with van der Waals surface area (Å²) < 4.78 is 5.58. The molecule has 0 aromatic heterocycles. The summed E-state index contributed by atoms with van der Waals surface area (Å²) in [6, 6.07) is 0.421. The van der Waals surface area contributed by atoms with Crippen LogP contribution in [0.25, 0.3) is 0 Å². The Morgan fingerprint density at radius 2 is 2.31 bits per heavy atom. The van der Waals surface area contributed by atoms with Gasteiger partial charge in [0.15, 0.2) is 0 Å². The number of likely N-dealkylation sites (tertiary alicyclic amines) is 1. The zero-order chi connectivity index (χ0) is 9.10. The lowest BCUT2D eigenvalue weighted by atomic mass is 10.2. The maximum atomic E-state index is 5.84. The molecule has 2 aliphatic heterocycles. The monoisotopic (exact) mass is 184 g/mol. The highest BCUT2D eigenvalue weighted by molar-refractivity contribution is 4.78. The van der Waals surface area contributed by atoms with Crippen molar-refractivity contribution in [2.24, 2.45) is 5.73 Å². The van der Waals surface area contributed by atoms with Gasteiger partial charge in [-0.3, -0.25) is 0 Å². The third kappa shape index (κ3) is 2.66. The number of rotatable bonds is 3. The van der Waals surface area contributed by atoms with Crippen molar-refractivity contribution < 1.29 is 4.74 Å². The lowest BCUT2D eigenvalue weighted by Gasteiger charge is -2.17. The third-order valence-electron chi connectivity index (χ3n) is 3.10. The summed E-state index contributed by atoms with van der Waals surface area (Å²) in [5.41, 5.74) is 5.84. The number of ether oxygens (including phenoxy) is 1. The van der Waals surface area contributed by atoms with Crippen molar-refractivity contribution in [3.8, 4) is 0 Å². The number of nitrogens with two attached hydrogens (primary N) is 1. The molecule has 3 nitrogen and oxygen atoms in total.